The minimum atomic E-state index is -0.652. The summed E-state index contributed by atoms with van der Waals surface area (Å²) in [5.41, 5.74) is 2.12. The van der Waals surface area contributed by atoms with Crippen molar-refractivity contribution in [2.75, 3.05) is 18.5 Å². The van der Waals surface area contributed by atoms with Crippen molar-refractivity contribution in [3.8, 4) is 11.3 Å². The molecule has 182 valence electrons. The van der Waals surface area contributed by atoms with E-state index in [-0.39, 0.29) is 29.6 Å². The smallest absolute Gasteiger partial charge is 0.360 e. The summed E-state index contributed by atoms with van der Waals surface area (Å²) >= 11 is 6.64. The third kappa shape index (κ3) is 5.14. The minimum absolute atomic E-state index is 0.0357. The van der Waals surface area contributed by atoms with Gasteiger partial charge in [0, 0.05) is 11.6 Å². The van der Waals surface area contributed by atoms with Crippen molar-refractivity contribution in [2.24, 2.45) is 0 Å². The topological polar surface area (TPSA) is 115 Å². The summed E-state index contributed by atoms with van der Waals surface area (Å²) < 4.78 is 12.1. The van der Waals surface area contributed by atoms with Crippen LogP contribution in [0.3, 0.4) is 0 Å². The van der Waals surface area contributed by atoms with E-state index >= 15 is 0 Å². The maximum Gasteiger partial charge on any atom is 0.360 e. The number of rotatable bonds is 6. The molecule has 35 heavy (non-hydrogen) atoms. The average molecular weight is 497 g/mol. The van der Waals surface area contributed by atoms with E-state index in [1.807, 2.05) is 12.1 Å². The zero-order valence-corrected chi connectivity index (χ0v) is 20.5. The van der Waals surface area contributed by atoms with Gasteiger partial charge >= 0.3 is 11.9 Å². The van der Waals surface area contributed by atoms with Gasteiger partial charge in [0.1, 0.15) is 17.3 Å². The molecule has 0 unspecified atom stereocenters. The molecule has 0 aliphatic carbocycles. The lowest BCUT2D eigenvalue weighted by atomic mass is 10.1. The summed E-state index contributed by atoms with van der Waals surface area (Å²) in [6.07, 6.45) is 0. The van der Waals surface area contributed by atoms with E-state index in [4.69, 9.17) is 21.1 Å². The van der Waals surface area contributed by atoms with Gasteiger partial charge in [0.2, 0.25) is 5.56 Å². The van der Waals surface area contributed by atoms with Gasteiger partial charge in [0.05, 0.1) is 18.0 Å². The van der Waals surface area contributed by atoms with Gasteiger partial charge in [0.25, 0.3) is 0 Å². The van der Waals surface area contributed by atoms with Crippen LogP contribution in [-0.4, -0.2) is 45.1 Å². The van der Waals surface area contributed by atoms with Crippen molar-refractivity contribution in [3.63, 3.8) is 0 Å². The Hall–Kier alpha value is -3.85. The SMILES string of the molecule is CCOC(=O)c1nc2c(NCC(=O)OC(C)(C)C)ccc(-c3ccc4[nH]c(=O)ccc4c3)n2c1Cl. The minimum Gasteiger partial charge on any atom is -0.461 e. The maximum atomic E-state index is 12.5. The van der Waals surface area contributed by atoms with Gasteiger partial charge in [-0.05, 0) is 69.0 Å². The van der Waals surface area contributed by atoms with E-state index in [1.165, 1.54) is 6.07 Å². The normalized spacial score (nSPS) is 11.6. The zero-order valence-electron chi connectivity index (χ0n) is 19.8. The number of carbonyl (C=O) groups is 2. The summed E-state index contributed by atoms with van der Waals surface area (Å²) in [4.78, 5) is 43.6. The molecule has 0 aliphatic heterocycles. The van der Waals surface area contributed by atoms with Gasteiger partial charge in [0.15, 0.2) is 11.3 Å². The molecule has 4 aromatic rings. The molecule has 0 atom stereocenters. The number of imidazole rings is 1. The van der Waals surface area contributed by atoms with Crippen LogP contribution in [0.4, 0.5) is 5.69 Å². The molecule has 0 bridgehead atoms. The van der Waals surface area contributed by atoms with E-state index < -0.39 is 17.5 Å². The third-order valence-electron chi connectivity index (χ3n) is 5.04. The van der Waals surface area contributed by atoms with Crippen molar-refractivity contribution in [3.05, 3.63) is 63.7 Å². The zero-order chi connectivity index (χ0) is 25.3. The first-order valence-electron chi connectivity index (χ1n) is 11.0. The van der Waals surface area contributed by atoms with Gasteiger partial charge in [-0.3, -0.25) is 14.0 Å². The molecule has 4 rings (SSSR count). The Balaban J connectivity index is 1.82. The highest BCUT2D eigenvalue weighted by molar-refractivity contribution is 6.33. The Morgan fingerprint density at radius 1 is 1.14 bits per heavy atom. The van der Waals surface area contributed by atoms with Crippen molar-refractivity contribution in [1.29, 1.82) is 0 Å². The molecule has 0 aliphatic rings. The standard InChI is InChI=1S/C25H25ClN4O5/c1-5-34-24(33)21-22(26)30-18(15-6-8-16-14(12-15)7-11-19(31)28-16)10-9-17(23(30)29-21)27-13-20(32)35-25(2,3)4/h6-12,27H,5,13H2,1-4H3,(H,28,31). The number of halogens is 1. The van der Waals surface area contributed by atoms with E-state index in [1.54, 1.807) is 56.4 Å². The number of anilines is 1. The first-order chi connectivity index (χ1) is 16.6. The number of nitrogens with one attached hydrogen (secondary N) is 2. The second-order valence-corrected chi connectivity index (χ2v) is 9.19. The predicted octanol–water partition coefficient (Wildman–Crippen LogP) is 4.43. The highest BCUT2D eigenvalue weighted by atomic mass is 35.5. The van der Waals surface area contributed by atoms with Gasteiger partial charge in [-0.25, -0.2) is 9.78 Å². The second kappa shape index (κ2) is 9.42. The fourth-order valence-electron chi connectivity index (χ4n) is 3.66. The van der Waals surface area contributed by atoms with Crippen molar-refractivity contribution < 1.29 is 19.1 Å². The van der Waals surface area contributed by atoms with E-state index in [9.17, 15) is 14.4 Å². The van der Waals surface area contributed by atoms with Crippen LogP contribution in [0.5, 0.6) is 0 Å². The molecule has 10 heteroatoms. The number of benzene rings is 1. The summed E-state index contributed by atoms with van der Waals surface area (Å²) in [7, 11) is 0. The number of hydrogen-bond donors (Lipinski definition) is 2. The number of H-pyrrole nitrogens is 1. The van der Waals surface area contributed by atoms with Gasteiger partial charge < -0.3 is 19.8 Å². The number of fused-ring (bicyclic) bond motifs is 2. The Bertz CT molecular complexity index is 1500. The van der Waals surface area contributed by atoms with E-state index in [2.05, 4.69) is 15.3 Å². The molecule has 9 nitrogen and oxygen atoms in total. The van der Waals surface area contributed by atoms with Crippen molar-refractivity contribution >= 4 is 45.8 Å². The average Bonchev–Trinajstić information content (AvgIpc) is 3.14. The highest BCUT2D eigenvalue weighted by Crippen LogP contribution is 2.32. The molecule has 3 aromatic heterocycles. The Morgan fingerprint density at radius 2 is 1.91 bits per heavy atom. The Labute approximate surface area is 206 Å². The highest BCUT2D eigenvalue weighted by Gasteiger charge is 2.23. The second-order valence-electron chi connectivity index (χ2n) is 8.83. The number of nitrogens with zero attached hydrogens (tertiary/aromatic N) is 2. The first-order valence-corrected chi connectivity index (χ1v) is 11.4. The molecule has 0 saturated heterocycles. The molecular weight excluding hydrogens is 472 g/mol. The first kappa shape index (κ1) is 24.3. The van der Waals surface area contributed by atoms with E-state index in [0.29, 0.717) is 22.5 Å². The molecule has 0 radical (unpaired) electrons. The number of hydrogen-bond acceptors (Lipinski definition) is 7. The number of ether oxygens (including phenoxy) is 2. The van der Waals surface area contributed by atoms with Crippen LogP contribution >= 0.6 is 11.6 Å². The molecular formula is C25H25ClN4O5. The van der Waals surface area contributed by atoms with Crippen LogP contribution in [0.1, 0.15) is 38.2 Å². The van der Waals surface area contributed by atoms with Crippen molar-refractivity contribution in [1.82, 2.24) is 14.4 Å². The number of aromatic nitrogens is 3. The monoisotopic (exact) mass is 496 g/mol. The molecule has 0 saturated carbocycles. The fourth-order valence-corrected chi connectivity index (χ4v) is 3.95. The van der Waals surface area contributed by atoms with Gasteiger partial charge in [-0.1, -0.05) is 17.7 Å². The molecule has 0 spiro atoms. The maximum absolute atomic E-state index is 12.5. The van der Waals surface area contributed by atoms with Crippen LogP contribution in [0.15, 0.2) is 47.3 Å². The molecule has 0 amide bonds. The number of esters is 2. The van der Waals surface area contributed by atoms with E-state index in [0.717, 1.165) is 10.9 Å². The van der Waals surface area contributed by atoms with Crippen LogP contribution in [-0.2, 0) is 14.3 Å². The Kier molecular flexibility index (Phi) is 6.53. The fraction of sp³-hybridized carbons (Fsp3) is 0.280. The molecule has 2 N–H and O–H groups in total. The molecule has 0 fully saturated rings. The summed E-state index contributed by atoms with van der Waals surface area (Å²) in [5, 5.41) is 3.93. The number of aromatic amines is 1. The summed E-state index contributed by atoms with van der Waals surface area (Å²) in [6, 6.07) is 12.3. The summed E-state index contributed by atoms with van der Waals surface area (Å²) in [5.74, 6) is -1.09. The lowest BCUT2D eigenvalue weighted by Gasteiger charge is -2.20. The third-order valence-corrected chi connectivity index (χ3v) is 5.39. The summed E-state index contributed by atoms with van der Waals surface area (Å²) in [6.45, 7) is 7.13. The van der Waals surface area contributed by atoms with Crippen LogP contribution < -0.4 is 10.9 Å². The molecule has 1 aromatic carbocycles. The van der Waals surface area contributed by atoms with Crippen LogP contribution in [0.25, 0.3) is 27.8 Å². The largest absolute Gasteiger partial charge is 0.461 e. The number of pyridine rings is 2. The quantitative estimate of drug-likeness (QED) is 0.379. The van der Waals surface area contributed by atoms with Crippen LogP contribution in [0.2, 0.25) is 5.15 Å². The Morgan fingerprint density at radius 3 is 2.63 bits per heavy atom. The lowest BCUT2D eigenvalue weighted by Crippen LogP contribution is -2.28. The van der Waals surface area contributed by atoms with Gasteiger partial charge in [-0.15, -0.1) is 0 Å². The lowest BCUT2D eigenvalue weighted by molar-refractivity contribution is -0.152. The van der Waals surface area contributed by atoms with Crippen LogP contribution in [0, 0.1) is 0 Å². The predicted molar refractivity (Wildman–Crippen MR) is 134 cm³/mol. The van der Waals surface area contributed by atoms with Crippen molar-refractivity contribution in [2.45, 2.75) is 33.3 Å². The number of carbonyl (C=O) groups excluding carboxylic acids is 2. The molecule has 3 heterocycles. The van der Waals surface area contributed by atoms with Gasteiger partial charge in [-0.2, -0.15) is 0 Å².